The number of benzene rings is 3. The molecule has 3 aliphatic rings. The summed E-state index contributed by atoms with van der Waals surface area (Å²) in [5, 5.41) is 1.88. The first-order chi connectivity index (χ1) is 18.0. The summed E-state index contributed by atoms with van der Waals surface area (Å²) < 4.78 is 0.889. The number of rotatable bonds is 3. The van der Waals surface area contributed by atoms with Crippen LogP contribution in [0.5, 0.6) is 0 Å². The van der Waals surface area contributed by atoms with Gasteiger partial charge in [-0.05, 0) is 40.8 Å². The largest absolute Gasteiger partial charge is 0.352 e. The van der Waals surface area contributed by atoms with E-state index in [0.717, 1.165) is 21.3 Å². The van der Waals surface area contributed by atoms with E-state index in [9.17, 15) is 14.4 Å². The minimum absolute atomic E-state index is 0.0774. The smallest absolute Gasteiger partial charge is 0.195 e. The first kappa shape index (κ1) is 22.6. The number of anilines is 1. The van der Waals surface area contributed by atoms with Crippen molar-refractivity contribution in [1.29, 1.82) is 0 Å². The molecule has 1 fully saturated rings. The molecule has 1 spiro atoms. The van der Waals surface area contributed by atoms with E-state index < -0.39 is 23.4 Å². The molecule has 0 radical (unpaired) electrons. The quantitative estimate of drug-likeness (QED) is 0.202. The minimum Gasteiger partial charge on any atom is -0.352 e. The second-order valence-corrected chi connectivity index (χ2v) is 11.5. The van der Waals surface area contributed by atoms with Gasteiger partial charge < -0.3 is 4.90 Å². The highest BCUT2D eigenvalue weighted by atomic mass is 79.9. The molecule has 0 unspecified atom stereocenters. The molecule has 3 atom stereocenters. The van der Waals surface area contributed by atoms with Crippen LogP contribution >= 0.6 is 27.3 Å². The Hall–Kier alpha value is -3.61. The summed E-state index contributed by atoms with van der Waals surface area (Å²) in [6.45, 7) is 0. The third kappa shape index (κ3) is 2.97. The molecule has 1 aliphatic carbocycles. The summed E-state index contributed by atoms with van der Waals surface area (Å²) in [6, 6.07) is 25.0. The molecule has 0 amide bonds. The van der Waals surface area contributed by atoms with Crippen molar-refractivity contribution in [1.82, 2.24) is 0 Å². The summed E-state index contributed by atoms with van der Waals surface area (Å²) in [5.74, 6) is -1.17. The Morgan fingerprint density at radius 1 is 0.838 bits per heavy atom. The second-order valence-electron chi connectivity index (χ2n) is 9.66. The fraction of sp³-hybridized carbons (Fsp3) is 0.129. The van der Waals surface area contributed by atoms with E-state index >= 15 is 0 Å². The normalized spacial score (nSPS) is 22.7. The van der Waals surface area contributed by atoms with Gasteiger partial charge in [-0.2, -0.15) is 0 Å². The summed E-state index contributed by atoms with van der Waals surface area (Å²) in [6.07, 6.45) is 3.94. The van der Waals surface area contributed by atoms with Crippen molar-refractivity contribution in [3.05, 3.63) is 128 Å². The van der Waals surface area contributed by atoms with E-state index in [1.54, 1.807) is 24.3 Å². The lowest BCUT2D eigenvalue weighted by molar-refractivity contribution is 0.0666. The minimum atomic E-state index is -1.46. The number of Topliss-reactive ketones (excluding diaryl/α,β-unsaturated/α-hetero) is 3. The molecule has 1 aromatic heterocycles. The molecule has 3 aromatic carbocycles. The van der Waals surface area contributed by atoms with Crippen LogP contribution in [-0.4, -0.2) is 29.4 Å². The number of ketones is 3. The maximum atomic E-state index is 14.5. The molecular weight excluding hydrogens is 546 g/mol. The van der Waals surface area contributed by atoms with Gasteiger partial charge in [0.25, 0.3) is 0 Å². The lowest BCUT2D eigenvalue weighted by atomic mass is 9.64. The van der Waals surface area contributed by atoms with Crippen LogP contribution in [0.25, 0.3) is 6.08 Å². The molecule has 1 saturated heterocycles. The van der Waals surface area contributed by atoms with Gasteiger partial charge in [0, 0.05) is 27.2 Å². The molecule has 6 heteroatoms. The average molecular weight is 566 g/mol. The number of carbonyl (C=O) groups is 3. The van der Waals surface area contributed by atoms with Crippen molar-refractivity contribution in [2.75, 3.05) is 4.90 Å². The summed E-state index contributed by atoms with van der Waals surface area (Å²) in [5.41, 5.74) is 2.04. The summed E-state index contributed by atoms with van der Waals surface area (Å²) in [7, 11) is 0. The van der Waals surface area contributed by atoms with Gasteiger partial charge in [0.1, 0.15) is 11.5 Å². The molecule has 7 rings (SSSR count). The van der Waals surface area contributed by atoms with E-state index in [2.05, 4.69) is 15.9 Å². The molecular formula is C31H20BrNO3S. The lowest BCUT2D eigenvalue weighted by Crippen LogP contribution is -2.48. The first-order valence-electron chi connectivity index (χ1n) is 12.1. The van der Waals surface area contributed by atoms with Crippen LogP contribution in [0, 0.1) is 5.41 Å². The van der Waals surface area contributed by atoms with E-state index in [-0.39, 0.29) is 17.3 Å². The van der Waals surface area contributed by atoms with Crippen LogP contribution in [-0.2, 0) is 0 Å². The molecule has 180 valence electrons. The maximum Gasteiger partial charge on any atom is 0.195 e. The highest BCUT2D eigenvalue weighted by molar-refractivity contribution is 9.10. The predicted molar refractivity (Wildman–Crippen MR) is 149 cm³/mol. The second kappa shape index (κ2) is 8.20. The molecule has 37 heavy (non-hydrogen) atoms. The van der Waals surface area contributed by atoms with Gasteiger partial charge in [-0.3, -0.25) is 14.4 Å². The summed E-state index contributed by atoms with van der Waals surface area (Å²) in [4.78, 5) is 46.0. The number of halogens is 1. The van der Waals surface area contributed by atoms with E-state index in [1.165, 1.54) is 11.3 Å². The van der Waals surface area contributed by atoms with E-state index in [1.807, 2.05) is 83.1 Å². The van der Waals surface area contributed by atoms with Gasteiger partial charge in [-0.25, -0.2) is 0 Å². The molecule has 0 N–H and O–H groups in total. The van der Waals surface area contributed by atoms with Crippen molar-refractivity contribution >= 4 is 56.4 Å². The average Bonchev–Trinajstić information content (AvgIpc) is 3.63. The zero-order chi connectivity index (χ0) is 25.3. The van der Waals surface area contributed by atoms with Crippen molar-refractivity contribution < 1.29 is 14.4 Å². The van der Waals surface area contributed by atoms with Crippen LogP contribution in [0.2, 0.25) is 0 Å². The Bertz CT molecular complexity index is 1590. The number of para-hydroxylation sites is 1. The zero-order valence-corrected chi connectivity index (χ0v) is 21.9. The molecule has 2 aliphatic heterocycles. The molecule has 3 heterocycles. The monoisotopic (exact) mass is 565 g/mol. The Morgan fingerprint density at radius 3 is 2.19 bits per heavy atom. The van der Waals surface area contributed by atoms with Gasteiger partial charge >= 0.3 is 0 Å². The highest BCUT2D eigenvalue weighted by Crippen LogP contribution is 2.61. The van der Waals surface area contributed by atoms with Gasteiger partial charge in [0.2, 0.25) is 0 Å². The van der Waals surface area contributed by atoms with Crippen molar-refractivity contribution in [3.8, 4) is 0 Å². The third-order valence-electron chi connectivity index (χ3n) is 7.97. The Morgan fingerprint density at radius 2 is 1.51 bits per heavy atom. The third-order valence-corrected chi connectivity index (χ3v) is 9.39. The van der Waals surface area contributed by atoms with Crippen molar-refractivity contribution in [2.45, 2.75) is 18.0 Å². The molecule has 0 bridgehead atoms. The summed E-state index contributed by atoms with van der Waals surface area (Å²) >= 11 is 4.90. The number of thiophene rings is 1. The standard InChI is InChI=1S/C31H20BrNO3S/c32-20-14-11-19(12-15-20)26-27(28(34)24-10-5-17-37-24)33-23-9-4-1-6-18(23)13-16-25(33)31(26)29(35)21-7-2-3-8-22(21)30(31)36/h1-17,25-27H/t25-,26+,27+/m1/s1. The molecule has 4 nitrogen and oxygen atoms in total. The number of fused-ring (bicyclic) bond motifs is 5. The lowest BCUT2D eigenvalue weighted by Gasteiger charge is -2.37. The maximum absolute atomic E-state index is 14.5. The first-order valence-corrected chi connectivity index (χ1v) is 13.8. The number of nitrogens with zero attached hydrogens (tertiary/aromatic N) is 1. The van der Waals surface area contributed by atoms with Gasteiger partial charge in [-0.15, -0.1) is 11.3 Å². The fourth-order valence-electron chi connectivity index (χ4n) is 6.53. The Labute approximate surface area is 226 Å². The number of hydrogen-bond donors (Lipinski definition) is 0. The topological polar surface area (TPSA) is 54.5 Å². The van der Waals surface area contributed by atoms with Crippen LogP contribution in [0.1, 0.15) is 47.4 Å². The Kier molecular flexibility index (Phi) is 5.00. The zero-order valence-electron chi connectivity index (χ0n) is 19.5. The van der Waals surface area contributed by atoms with Crippen molar-refractivity contribution in [3.63, 3.8) is 0 Å². The fourth-order valence-corrected chi connectivity index (χ4v) is 7.49. The van der Waals surface area contributed by atoms with Crippen LogP contribution in [0.3, 0.4) is 0 Å². The van der Waals surface area contributed by atoms with Gasteiger partial charge in [0.15, 0.2) is 17.3 Å². The SMILES string of the molecule is O=C(c1cccs1)[C@@H]1[C@H](c2ccc(Br)cc2)C2(C(=O)c3ccccc3C2=O)[C@H]2C=Cc3ccccc3N12. The number of hydrogen-bond acceptors (Lipinski definition) is 5. The van der Waals surface area contributed by atoms with Crippen LogP contribution in [0.15, 0.2) is 101 Å². The van der Waals surface area contributed by atoms with Gasteiger partial charge in [0.05, 0.1) is 10.9 Å². The predicted octanol–water partition coefficient (Wildman–Crippen LogP) is 6.83. The van der Waals surface area contributed by atoms with E-state index in [0.29, 0.717) is 16.0 Å². The van der Waals surface area contributed by atoms with Crippen LogP contribution in [0.4, 0.5) is 5.69 Å². The highest BCUT2D eigenvalue weighted by Gasteiger charge is 2.71. The number of carbonyl (C=O) groups excluding carboxylic acids is 3. The van der Waals surface area contributed by atoms with Crippen LogP contribution < -0.4 is 4.90 Å². The Balaban J connectivity index is 1.56. The van der Waals surface area contributed by atoms with E-state index in [4.69, 9.17) is 0 Å². The molecule has 4 aromatic rings. The van der Waals surface area contributed by atoms with Gasteiger partial charge in [-0.1, -0.05) is 88.7 Å². The molecule has 0 saturated carbocycles. The van der Waals surface area contributed by atoms with Crippen molar-refractivity contribution in [2.24, 2.45) is 5.41 Å².